The molecule has 0 aliphatic carbocycles. The van der Waals surface area contributed by atoms with E-state index in [9.17, 15) is 13.2 Å². The molecule has 2 aromatic rings. The van der Waals surface area contributed by atoms with E-state index in [1.54, 1.807) is 0 Å². The first-order chi connectivity index (χ1) is 7.86. The molecule has 2 rings (SSSR count). The van der Waals surface area contributed by atoms with Gasteiger partial charge in [-0.25, -0.2) is 0 Å². The number of alkyl halides is 3. The van der Waals surface area contributed by atoms with Crippen LogP contribution in [0, 0.1) is 0 Å². The fraction of sp³-hybridized carbons (Fsp3) is 0.100. The second kappa shape index (κ2) is 3.96. The van der Waals surface area contributed by atoms with E-state index in [0.29, 0.717) is 0 Å². The Kier molecular flexibility index (Phi) is 2.74. The Morgan fingerprint density at radius 2 is 1.88 bits per heavy atom. The number of aromatic nitrogens is 1. The Labute approximate surface area is 99.0 Å². The van der Waals surface area contributed by atoms with Gasteiger partial charge in [-0.15, -0.1) is 0 Å². The molecule has 17 heavy (non-hydrogen) atoms. The fourth-order valence-corrected chi connectivity index (χ4v) is 1.56. The third-order valence-corrected chi connectivity index (χ3v) is 2.26. The summed E-state index contributed by atoms with van der Waals surface area (Å²) in [7, 11) is 0. The van der Waals surface area contributed by atoms with Gasteiger partial charge >= 0.3 is 6.18 Å². The van der Waals surface area contributed by atoms with Crippen LogP contribution < -0.4 is 5.73 Å². The Morgan fingerprint density at radius 1 is 1.18 bits per heavy atom. The van der Waals surface area contributed by atoms with Gasteiger partial charge in [-0.3, -0.25) is 0 Å². The first kappa shape index (κ1) is 11.8. The molecule has 0 bridgehead atoms. The lowest BCUT2D eigenvalue weighted by Crippen LogP contribution is -2.04. The topological polar surface area (TPSA) is 52.0 Å². The van der Waals surface area contributed by atoms with Crippen molar-refractivity contribution >= 4 is 17.4 Å². The molecule has 90 valence electrons. The van der Waals surface area contributed by atoms with Crippen LogP contribution >= 0.6 is 11.6 Å². The predicted octanol–water partition coefficient (Wildman–Crippen LogP) is 3.60. The lowest BCUT2D eigenvalue weighted by molar-refractivity contribution is -0.137. The molecular weight excluding hydrogens is 257 g/mol. The van der Waals surface area contributed by atoms with Crippen LogP contribution in [0.4, 0.5) is 19.0 Å². The van der Waals surface area contributed by atoms with Crippen LogP contribution in [-0.4, -0.2) is 5.16 Å². The maximum atomic E-state index is 12.5. The minimum atomic E-state index is -4.47. The molecule has 0 unspecified atom stereocenters. The normalized spacial score (nSPS) is 11.8. The van der Waals surface area contributed by atoms with Gasteiger partial charge in [0.25, 0.3) is 0 Å². The number of nitrogens with zero attached hydrogens (tertiary/aromatic N) is 1. The molecule has 1 aromatic heterocycles. The maximum absolute atomic E-state index is 12.5. The summed E-state index contributed by atoms with van der Waals surface area (Å²) < 4.78 is 42.4. The molecule has 0 aliphatic heterocycles. The molecule has 0 fully saturated rings. The molecule has 2 N–H and O–H groups in total. The number of nitrogens with two attached hydrogens (primary N) is 1. The lowest BCUT2D eigenvalue weighted by Gasteiger charge is -2.08. The number of hydrogen-bond donors (Lipinski definition) is 1. The molecule has 1 aromatic carbocycles. The van der Waals surface area contributed by atoms with Gasteiger partial charge in [-0.1, -0.05) is 16.8 Å². The maximum Gasteiger partial charge on any atom is 0.416 e. The van der Waals surface area contributed by atoms with E-state index in [-0.39, 0.29) is 22.2 Å². The Balaban J connectivity index is 2.52. The van der Waals surface area contributed by atoms with Crippen molar-refractivity contribution < 1.29 is 17.7 Å². The summed E-state index contributed by atoms with van der Waals surface area (Å²) in [5, 5.41) is 3.36. The van der Waals surface area contributed by atoms with Gasteiger partial charge in [0.15, 0.2) is 11.6 Å². The van der Waals surface area contributed by atoms with Crippen molar-refractivity contribution in [2.75, 3.05) is 5.73 Å². The minimum Gasteiger partial charge on any atom is -0.381 e. The quantitative estimate of drug-likeness (QED) is 0.854. The van der Waals surface area contributed by atoms with Gasteiger partial charge in [-0.05, 0) is 18.2 Å². The van der Waals surface area contributed by atoms with E-state index in [1.807, 2.05) is 0 Å². The first-order valence-corrected chi connectivity index (χ1v) is 4.84. The monoisotopic (exact) mass is 262 g/mol. The van der Waals surface area contributed by atoms with Gasteiger partial charge in [0.05, 0.1) is 5.56 Å². The van der Waals surface area contributed by atoms with Gasteiger partial charge < -0.3 is 10.3 Å². The molecule has 0 aliphatic rings. The number of hydrogen-bond acceptors (Lipinski definition) is 3. The molecule has 3 nitrogen and oxygen atoms in total. The summed E-state index contributed by atoms with van der Waals surface area (Å²) in [5.41, 5.74) is 4.64. The van der Waals surface area contributed by atoms with Crippen molar-refractivity contribution in [3.63, 3.8) is 0 Å². The number of rotatable bonds is 1. The molecule has 0 spiro atoms. The minimum absolute atomic E-state index is 0.0372. The Bertz CT molecular complexity index is 551. The highest BCUT2D eigenvalue weighted by Crippen LogP contribution is 2.34. The van der Waals surface area contributed by atoms with E-state index in [0.717, 1.165) is 12.1 Å². The van der Waals surface area contributed by atoms with Gasteiger partial charge in [-0.2, -0.15) is 13.2 Å². The Morgan fingerprint density at radius 3 is 2.41 bits per heavy atom. The Hall–Kier alpha value is -1.69. The van der Waals surface area contributed by atoms with E-state index in [4.69, 9.17) is 21.9 Å². The van der Waals surface area contributed by atoms with Crippen molar-refractivity contribution in [1.29, 1.82) is 0 Å². The molecule has 0 saturated carbocycles. The van der Waals surface area contributed by atoms with Crippen molar-refractivity contribution in [2.45, 2.75) is 6.18 Å². The summed E-state index contributed by atoms with van der Waals surface area (Å²) in [6, 6.07) is 4.43. The van der Waals surface area contributed by atoms with Gasteiger partial charge in [0, 0.05) is 16.7 Å². The number of anilines is 1. The molecule has 7 heteroatoms. The molecule has 0 atom stereocenters. The number of benzene rings is 1. The van der Waals surface area contributed by atoms with Crippen molar-refractivity contribution in [3.8, 4) is 11.3 Å². The highest BCUT2D eigenvalue weighted by molar-refractivity contribution is 6.30. The largest absolute Gasteiger partial charge is 0.416 e. The third kappa shape index (κ3) is 2.52. The van der Waals surface area contributed by atoms with Crippen LogP contribution in [0.15, 0.2) is 28.8 Å². The van der Waals surface area contributed by atoms with Crippen LogP contribution in [0.5, 0.6) is 0 Å². The van der Waals surface area contributed by atoms with Crippen molar-refractivity contribution in [1.82, 2.24) is 5.16 Å². The standard InChI is InChI=1S/C10H6ClF3N2O/c11-7-2-5(8-4-9(15)16-17-8)1-6(3-7)10(12,13)14/h1-4H,(H2,15,16). The molecule has 0 radical (unpaired) electrons. The lowest BCUT2D eigenvalue weighted by atomic mass is 10.1. The van der Waals surface area contributed by atoms with Crippen molar-refractivity contribution in [2.24, 2.45) is 0 Å². The summed E-state index contributed by atoms with van der Waals surface area (Å²) in [6.45, 7) is 0. The van der Waals surface area contributed by atoms with E-state index in [1.165, 1.54) is 12.1 Å². The van der Waals surface area contributed by atoms with Crippen LogP contribution in [0.3, 0.4) is 0 Å². The van der Waals surface area contributed by atoms with E-state index in [2.05, 4.69) is 5.16 Å². The van der Waals surface area contributed by atoms with E-state index >= 15 is 0 Å². The van der Waals surface area contributed by atoms with Crippen LogP contribution in [0.2, 0.25) is 5.02 Å². The number of halogens is 4. The smallest absolute Gasteiger partial charge is 0.381 e. The average molecular weight is 263 g/mol. The second-order valence-electron chi connectivity index (χ2n) is 3.34. The highest BCUT2D eigenvalue weighted by Gasteiger charge is 2.31. The fourth-order valence-electron chi connectivity index (χ4n) is 1.32. The zero-order valence-corrected chi connectivity index (χ0v) is 9.01. The molecule has 1 heterocycles. The zero-order valence-electron chi connectivity index (χ0n) is 8.25. The van der Waals surface area contributed by atoms with Crippen molar-refractivity contribution in [3.05, 3.63) is 34.9 Å². The number of nitrogen functional groups attached to an aromatic ring is 1. The van der Waals surface area contributed by atoms with Crippen LogP contribution in [0.1, 0.15) is 5.56 Å². The van der Waals surface area contributed by atoms with E-state index < -0.39 is 11.7 Å². The zero-order chi connectivity index (χ0) is 12.6. The van der Waals surface area contributed by atoms with Gasteiger partial charge in [0.2, 0.25) is 0 Å². The van der Waals surface area contributed by atoms with Crippen LogP contribution in [-0.2, 0) is 6.18 Å². The predicted molar refractivity (Wildman–Crippen MR) is 56.4 cm³/mol. The van der Waals surface area contributed by atoms with Gasteiger partial charge in [0.1, 0.15) is 0 Å². The highest BCUT2D eigenvalue weighted by atomic mass is 35.5. The SMILES string of the molecule is Nc1cc(-c2cc(Cl)cc(C(F)(F)F)c2)on1. The average Bonchev–Trinajstić information content (AvgIpc) is 2.62. The molecule has 0 saturated heterocycles. The molecular formula is C10H6ClF3N2O. The second-order valence-corrected chi connectivity index (χ2v) is 3.78. The summed E-state index contributed by atoms with van der Waals surface area (Å²) in [5.74, 6) is 0.226. The van der Waals surface area contributed by atoms with Crippen LogP contribution in [0.25, 0.3) is 11.3 Å². The summed E-state index contributed by atoms with van der Waals surface area (Å²) in [6.07, 6.45) is -4.47. The summed E-state index contributed by atoms with van der Waals surface area (Å²) in [4.78, 5) is 0. The summed E-state index contributed by atoms with van der Waals surface area (Å²) >= 11 is 5.62. The first-order valence-electron chi connectivity index (χ1n) is 4.46. The third-order valence-electron chi connectivity index (χ3n) is 2.04. The molecule has 0 amide bonds.